The van der Waals surface area contributed by atoms with Crippen LogP contribution in [-0.2, 0) is 4.79 Å². The fourth-order valence-electron chi connectivity index (χ4n) is 3.35. The van der Waals surface area contributed by atoms with Gasteiger partial charge in [-0.15, -0.1) is 0 Å². The highest BCUT2D eigenvalue weighted by molar-refractivity contribution is 6.08. The third-order valence-electron chi connectivity index (χ3n) is 4.87. The maximum absolute atomic E-state index is 11.9. The number of aromatic hydroxyl groups is 1. The summed E-state index contributed by atoms with van der Waals surface area (Å²) in [4.78, 5) is 11.9. The molecule has 0 fully saturated rings. The zero-order valence-corrected chi connectivity index (χ0v) is 16.5. The van der Waals surface area contributed by atoms with Crippen LogP contribution in [0.2, 0.25) is 0 Å². The first kappa shape index (κ1) is 20.0. The first-order chi connectivity index (χ1) is 15.0. The second-order valence-electron chi connectivity index (χ2n) is 7.02. The first-order valence-electron chi connectivity index (χ1n) is 9.70. The highest BCUT2D eigenvalue weighted by atomic mass is 16.3. The molecule has 0 spiro atoms. The van der Waals surface area contributed by atoms with E-state index < -0.39 is 5.60 Å². The number of ketones is 1. The summed E-state index contributed by atoms with van der Waals surface area (Å²) in [6.07, 6.45) is 4.09. The molecule has 0 aromatic heterocycles. The molecule has 0 radical (unpaired) electrons. The summed E-state index contributed by atoms with van der Waals surface area (Å²) in [6, 6.07) is 23.8. The molecule has 1 aliphatic carbocycles. The summed E-state index contributed by atoms with van der Waals surface area (Å²) in [5.41, 5.74) is 1.96. The Morgan fingerprint density at radius 1 is 0.806 bits per heavy atom. The quantitative estimate of drug-likeness (QED) is 0.626. The summed E-state index contributed by atoms with van der Waals surface area (Å²) >= 11 is 0. The number of phenols is 1. The SMILES string of the molecule is O=C1C=CC(O)(C#CC#Cc2ccc(O)cc2-c2ccccc2)C(c2ccccc2)=C1. The maximum atomic E-state index is 11.9. The molecule has 4 rings (SSSR count). The topological polar surface area (TPSA) is 57.5 Å². The van der Waals surface area contributed by atoms with Crippen LogP contribution in [0.15, 0.2) is 97.1 Å². The Balaban J connectivity index is 1.68. The van der Waals surface area contributed by atoms with Crippen molar-refractivity contribution in [3.8, 4) is 40.6 Å². The minimum Gasteiger partial charge on any atom is -0.508 e. The maximum Gasteiger partial charge on any atom is 0.178 e. The number of hydrogen-bond acceptors (Lipinski definition) is 3. The van der Waals surface area contributed by atoms with E-state index in [9.17, 15) is 15.0 Å². The summed E-state index contributed by atoms with van der Waals surface area (Å²) in [5.74, 6) is 11.3. The number of rotatable bonds is 2. The van der Waals surface area contributed by atoms with Crippen LogP contribution in [0.5, 0.6) is 5.75 Å². The van der Waals surface area contributed by atoms with Crippen LogP contribution in [0.1, 0.15) is 11.1 Å². The van der Waals surface area contributed by atoms with Crippen molar-refractivity contribution in [2.24, 2.45) is 0 Å². The number of carbonyl (C=O) groups excluding carboxylic acids is 1. The number of hydrogen-bond donors (Lipinski definition) is 2. The van der Waals surface area contributed by atoms with E-state index in [2.05, 4.69) is 23.7 Å². The predicted molar refractivity (Wildman–Crippen MR) is 122 cm³/mol. The van der Waals surface area contributed by atoms with Crippen LogP contribution >= 0.6 is 0 Å². The summed E-state index contributed by atoms with van der Waals surface area (Å²) in [6.45, 7) is 0. The van der Waals surface area contributed by atoms with Crippen molar-refractivity contribution in [1.29, 1.82) is 0 Å². The van der Waals surface area contributed by atoms with Crippen LogP contribution in [-0.4, -0.2) is 21.6 Å². The van der Waals surface area contributed by atoms with E-state index in [1.54, 1.807) is 18.2 Å². The lowest BCUT2D eigenvalue weighted by molar-refractivity contribution is -0.110. The van der Waals surface area contributed by atoms with Crippen LogP contribution in [0.4, 0.5) is 0 Å². The van der Waals surface area contributed by atoms with E-state index in [0.29, 0.717) is 11.1 Å². The average molecular weight is 402 g/mol. The average Bonchev–Trinajstić information content (AvgIpc) is 2.80. The van der Waals surface area contributed by atoms with Gasteiger partial charge in [-0.05, 0) is 65.3 Å². The van der Waals surface area contributed by atoms with Gasteiger partial charge in [-0.1, -0.05) is 66.6 Å². The molecule has 0 amide bonds. The second-order valence-corrected chi connectivity index (χ2v) is 7.02. The monoisotopic (exact) mass is 402 g/mol. The molecule has 3 nitrogen and oxygen atoms in total. The number of aliphatic hydroxyl groups is 1. The predicted octanol–water partition coefficient (Wildman–Crippen LogP) is 4.37. The largest absolute Gasteiger partial charge is 0.508 e. The molecule has 2 N–H and O–H groups in total. The smallest absolute Gasteiger partial charge is 0.178 e. The van der Waals surface area contributed by atoms with Crippen molar-refractivity contribution >= 4 is 11.4 Å². The first-order valence-corrected chi connectivity index (χ1v) is 9.70. The van der Waals surface area contributed by atoms with E-state index >= 15 is 0 Å². The summed E-state index contributed by atoms with van der Waals surface area (Å²) in [7, 11) is 0. The highest BCUT2D eigenvalue weighted by Crippen LogP contribution is 2.31. The van der Waals surface area contributed by atoms with Crippen molar-refractivity contribution in [1.82, 2.24) is 0 Å². The molecule has 148 valence electrons. The molecule has 0 saturated heterocycles. The Labute approximate surface area is 181 Å². The number of carbonyl (C=O) groups is 1. The van der Waals surface area contributed by atoms with Gasteiger partial charge < -0.3 is 10.2 Å². The Morgan fingerprint density at radius 3 is 2.19 bits per heavy atom. The van der Waals surface area contributed by atoms with E-state index in [1.165, 1.54) is 18.2 Å². The number of allylic oxidation sites excluding steroid dienone is 2. The van der Waals surface area contributed by atoms with E-state index in [-0.39, 0.29) is 11.5 Å². The van der Waals surface area contributed by atoms with Gasteiger partial charge in [-0.3, -0.25) is 4.79 Å². The highest BCUT2D eigenvalue weighted by Gasteiger charge is 2.31. The molecule has 0 aliphatic heterocycles. The van der Waals surface area contributed by atoms with Gasteiger partial charge in [0.05, 0.1) is 0 Å². The molecule has 1 unspecified atom stereocenters. The summed E-state index contributed by atoms with van der Waals surface area (Å²) < 4.78 is 0. The Hall–Kier alpha value is -4.31. The number of phenolic OH excluding ortho intramolecular Hbond substituents is 1. The van der Waals surface area contributed by atoms with Crippen LogP contribution in [0, 0.1) is 23.7 Å². The van der Waals surface area contributed by atoms with E-state index in [4.69, 9.17) is 0 Å². The zero-order valence-electron chi connectivity index (χ0n) is 16.5. The van der Waals surface area contributed by atoms with Crippen molar-refractivity contribution in [3.63, 3.8) is 0 Å². The van der Waals surface area contributed by atoms with Gasteiger partial charge in [0, 0.05) is 16.7 Å². The molecule has 0 bridgehead atoms. The zero-order chi connectivity index (χ0) is 21.7. The summed E-state index contributed by atoms with van der Waals surface area (Å²) in [5, 5.41) is 21.0. The second kappa shape index (κ2) is 8.59. The van der Waals surface area contributed by atoms with Crippen LogP contribution in [0.3, 0.4) is 0 Å². The minimum atomic E-state index is -1.61. The third-order valence-corrected chi connectivity index (χ3v) is 4.87. The van der Waals surface area contributed by atoms with Crippen molar-refractivity contribution in [2.75, 3.05) is 0 Å². The van der Waals surface area contributed by atoms with Gasteiger partial charge in [0.1, 0.15) is 5.75 Å². The Bertz CT molecular complexity index is 1310. The van der Waals surface area contributed by atoms with Gasteiger partial charge in [0.15, 0.2) is 11.4 Å². The molecule has 3 aromatic carbocycles. The standard InChI is InChI=1S/C28H18O3/c29-24-15-14-22(26(19-24)21-9-3-1-4-10-21)11-7-8-17-28(31)18-16-25(30)20-27(28)23-12-5-2-6-13-23/h1-6,9-10,12-16,18-20,29,31H. The third kappa shape index (κ3) is 4.49. The lowest BCUT2D eigenvalue weighted by atomic mass is 9.84. The van der Waals surface area contributed by atoms with Crippen molar-refractivity contribution in [2.45, 2.75) is 5.60 Å². The van der Waals surface area contributed by atoms with Crippen molar-refractivity contribution < 1.29 is 15.0 Å². The molecule has 1 atom stereocenters. The molecule has 0 heterocycles. The van der Waals surface area contributed by atoms with Gasteiger partial charge in [-0.2, -0.15) is 0 Å². The van der Waals surface area contributed by atoms with Gasteiger partial charge in [0.25, 0.3) is 0 Å². The normalized spacial score (nSPS) is 17.1. The Kier molecular flexibility index (Phi) is 5.54. The van der Waals surface area contributed by atoms with E-state index in [1.807, 2.05) is 60.7 Å². The molecule has 3 heteroatoms. The fraction of sp³-hybridized carbons (Fsp3) is 0.0357. The fourth-order valence-corrected chi connectivity index (χ4v) is 3.35. The molecular weight excluding hydrogens is 384 g/mol. The Morgan fingerprint density at radius 2 is 1.48 bits per heavy atom. The van der Waals surface area contributed by atoms with Crippen LogP contribution < -0.4 is 0 Å². The molecule has 31 heavy (non-hydrogen) atoms. The lowest BCUT2D eigenvalue weighted by Crippen LogP contribution is -2.28. The molecule has 3 aromatic rings. The van der Waals surface area contributed by atoms with Gasteiger partial charge >= 0.3 is 0 Å². The van der Waals surface area contributed by atoms with E-state index in [0.717, 1.165) is 16.7 Å². The lowest BCUT2D eigenvalue weighted by Gasteiger charge is -2.24. The molecule has 1 aliphatic rings. The van der Waals surface area contributed by atoms with Crippen molar-refractivity contribution in [3.05, 3.63) is 108 Å². The molecule has 0 saturated carbocycles. The van der Waals surface area contributed by atoms with Crippen LogP contribution in [0.25, 0.3) is 16.7 Å². The molecular formula is C28H18O3. The van der Waals surface area contributed by atoms with Gasteiger partial charge in [0.2, 0.25) is 0 Å². The minimum absolute atomic E-state index is 0.152. The van der Waals surface area contributed by atoms with Gasteiger partial charge in [-0.25, -0.2) is 0 Å². The number of benzene rings is 3.